The molecule has 1 aromatic rings. The smallest absolute Gasteiger partial charge is 0.123 e. The van der Waals surface area contributed by atoms with Crippen molar-refractivity contribution < 1.29 is 4.39 Å². The maximum Gasteiger partial charge on any atom is 0.123 e. The lowest BCUT2D eigenvalue weighted by atomic mass is 9.87. The Morgan fingerprint density at radius 1 is 1.19 bits per heavy atom. The molecule has 0 amide bonds. The number of benzene rings is 1. The van der Waals surface area contributed by atoms with E-state index < -0.39 is 0 Å². The third-order valence-corrected chi connectivity index (χ3v) is 3.05. The Balaban J connectivity index is 0.00000128. The van der Waals surface area contributed by atoms with Crippen LogP contribution >= 0.6 is 12.4 Å². The van der Waals surface area contributed by atoms with Gasteiger partial charge in [-0.25, -0.2) is 4.39 Å². The lowest BCUT2D eigenvalue weighted by Gasteiger charge is -2.24. The Hall–Kier alpha value is -0.860. The Bertz CT molecular complexity index is 341. The zero-order valence-corrected chi connectivity index (χ0v) is 10.0. The van der Waals surface area contributed by atoms with E-state index in [2.05, 4.69) is 11.9 Å². The van der Waals surface area contributed by atoms with Crippen molar-refractivity contribution in [2.75, 3.05) is 13.1 Å². The van der Waals surface area contributed by atoms with E-state index in [-0.39, 0.29) is 18.2 Å². The van der Waals surface area contributed by atoms with Crippen molar-refractivity contribution in [1.29, 1.82) is 0 Å². The number of nitrogens with one attached hydrogen (secondary N) is 1. The van der Waals surface area contributed by atoms with Crippen LogP contribution in [0.15, 0.2) is 30.8 Å². The van der Waals surface area contributed by atoms with Gasteiger partial charge in [0, 0.05) is 0 Å². The maximum absolute atomic E-state index is 12.8. The minimum Gasteiger partial charge on any atom is -0.317 e. The second-order valence-corrected chi connectivity index (χ2v) is 4.06. The SMILES string of the molecule is C=C(c1ccc(F)cc1)C1CCNCC1.Cl. The molecule has 3 heteroatoms. The van der Waals surface area contributed by atoms with Crippen LogP contribution in [0.25, 0.3) is 5.57 Å². The molecule has 16 heavy (non-hydrogen) atoms. The van der Waals surface area contributed by atoms with Gasteiger partial charge in [0.2, 0.25) is 0 Å². The van der Waals surface area contributed by atoms with Crippen LogP contribution in [0.2, 0.25) is 0 Å². The average Bonchev–Trinajstić information content (AvgIpc) is 2.30. The summed E-state index contributed by atoms with van der Waals surface area (Å²) in [5.74, 6) is 0.369. The maximum atomic E-state index is 12.8. The summed E-state index contributed by atoms with van der Waals surface area (Å²) in [7, 11) is 0. The first-order valence-electron chi connectivity index (χ1n) is 5.43. The van der Waals surface area contributed by atoms with Gasteiger partial charge in [-0.1, -0.05) is 18.7 Å². The Morgan fingerprint density at radius 3 is 2.31 bits per heavy atom. The quantitative estimate of drug-likeness (QED) is 0.838. The molecule has 1 nitrogen and oxygen atoms in total. The summed E-state index contributed by atoms with van der Waals surface area (Å²) in [4.78, 5) is 0. The molecule has 1 saturated heterocycles. The first kappa shape index (κ1) is 13.2. The fourth-order valence-corrected chi connectivity index (χ4v) is 2.07. The second-order valence-electron chi connectivity index (χ2n) is 4.06. The van der Waals surface area contributed by atoms with Gasteiger partial charge in [0.05, 0.1) is 0 Å². The summed E-state index contributed by atoms with van der Waals surface area (Å²) in [6.07, 6.45) is 2.27. The van der Waals surface area contributed by atoms with Crippen molar-refractivity contribution in [3.8, 4) is 0 Å². The summed E-state index contributed by atoms with van der Waals surface area (Å²) in [5, 5.41) is 3.33. The molecule has 1 fully saturated rings. The molecule has 0 unspecified atom stereocenters. The van der Waals surface area contributed by atoms with E-state index in [1.54, 1.807) is 0 Å². The lowest BCUT2D eigenvalue weighted by Crippen LogP contribution is -2.28. The van der Waals surface area contributed by atoms with Crippen molar-refractivity contribution >= 4 is 18.0 Å². The van der Waals surface area contributed by atoms with E-state index in [0.717, 1.165) is 37.1 Å². The highest BCUT2D eigenvalue weighted by molar-refractivity contribution is 5.85. The first-order valence-corrected chi connectivity index (χ1v) is 5.43. The Kier molecular flexibility index (Phi) is 4.97. The zero-order valence-electron chi connectivity index (χ0n) is 9.21. The summed E-state index contributed by atoms with van der Waals surface area (Å²) >= 11 is 0. The minimum absolute atomic E-state index is 0. The van der Waals surface area contributed by atoms with Crippen LogP contribution in [0.5, 0.6) is 0 Å². The van der Waals surface area contributed by atoms with Gasteiger partial charge in [-0.3, -0.25) is 0 Å². The molecule has 0 bridgehead atoms. The van der Waals surface area contributed by atoms with Gasteiger partial charge in [-0.05, 0) is 55.1 Å². The monoisotopic (exact) mass is 241 g/mol. The predicted octanol–water partition coefficient (Wildman–Crippen LogP) is 3.26. The number of piperidine rings is 1. The Morgan fingerprint density at radius 2 is 1.75 bits per heavy atom. The van der Waals surface area contributed by atoms with Crippen molar-refractivity contribution in [2.45, 2.75) is 12.8 Å². The lowest BCUT2D eigenvalue weighted by molar-refractivity contribution is 0.447. The number of hydrogen-bond donors (Lipinski definition) is 1. The molecule has 1 aliphatic heterocycles. The standard InChI is InChI=1S/C13H16FN.ClH/c1-10(12-6-8-15-9-7-12)11-2-4-13(14)5-3-11;/h2-5,12,15H,1,6-9H2;1H. The van der Waals surface area contributed by atoms with Gasteiger partial charge in [0.15, 0.2) is 0 Å². The van der Waals surface area contributed by atoms with Crippen molar-refractivity contribution in [3.05, 3.63) is 42.2 Å². The molecule has 1 heterocycles. The van der Waals surface area contributed by atoms with E-state index >= 15 is 0 Å². The fraction of sp³-hybridized carbons (Fsp3) is 0.385. The molecule has 1 aliphatic rings. The van der Waals surface area contributed by atoms with Crippen LogP contribution in [-0.2, 0) is 0 Å². The molecule has 0 atom stereocenters. The van der Waals surface area contributed by atoms with E-state index in [1.165, 1.54) is 12.1 Å². The molecule has 0 aliphatic carbocycles. The van der Waals surface area contributed by atoms with Crippen molar-refractivity contribution in [3.63, 3.8) is 0 Å². The van der Waals surface area contributed by atoms with Gasteiger partial charge in [0.1, 0.15) is 5.82 Å². The van der Waals surface area contributed by atoms with Gasteiger partial charge >= 0.3 is 0 Å². The average molecular weight is 242 g/mol. The third kappa shape index (κ3) is 3.06. The zero-order chi connectivity index (χ0) is 10.7. The highest BCUT2D eigenvalue weighted by Crippen LogP contribution is 2.28. The van der Waals surface area contributed by atoms with E-state index in [0.29, 0.717) is 5.92 Å². The molecular formula is C13H17ClFN. The van der Waals surface area contributed by atoms with Gasteiger partial charge in [0.25, 0.3) is 0 Å². The molecule has 1 N–H and O–H groups in total. The van der Waals surface area contributed by atoms with Crippen molar-refractivity contribution in [2.24, 2.45) is 5.92 Å². The van der Waals surface area contributed by atoms with Crippen LogP contribution in [0.4, 0.5) is 4.39 Å². The number of halogens is 2. The predicted molar refractivity (Wildman–Crippen MR) is 68.3 cm³/mol. The summed E-state index contributed by atoms with van der Waals surface area (Å²) < 4.78 is 12.8. The largest absolute Gasteiger partial charge is 0.317 e. The third-order valence-electron chi connectivity index (χ3n) is 3.05. The second kappa shape index (κ2) is 6.02. The Labute approximate surface area is 102 Å². The number of rotatable bonds is 2. The van der Waals surface area contributed by atoms with Crippen LogP contribution < -0.4 is 5.32 Å². The highest BCUT2D eigenvalue weighted by Gasteiger charge is 2.16. The number of allylic oxidation sites excluding steroid dienone is 1. The van der Waals surface area contributed by atoms with Crippen LogP contribution in [0.1, 0.15) is 18.4 Å². The summed E-state index contributed by atoms with van der Waals surface area (Å²) in [6, 6.07) is 6.64. The number of hydrogen-bond acceptors (Lipinski definition) is 1. The summed E-state index contributed by atoms with van der Waals surface area (Å²) in [5.41, 5.74) is 2.22. The topological polar surface area (TPSA) is 12.0 Å². The normalized spacial score (nSPS) is 16.6. The van der Waals surface area contributed by atoms with Gasteiger partial charge < -0.3 is 5.32 Å². The highest BCUT2D eigenvalue weighted by atomic mass is 35.5. The molecular weight excluding hydrogens is 225 g/mol. The molecule has 0 spiro atoms. The fourth-order valence-electron chi connectivity index (χ4n) is 2.07. The molecule has 0 radical (unpaired) electrons. The van der Waals surface area contributed by atoms with Gasteiger partial charge in [-0.15, -0.1) is 12.4 Å². The van der Waals surface area contributed by atoms with Gasteiger partial charge in [-0.2, -0.15) is 0 Å². The summed E-state index contributed by atoms with van der Waals surface area (Å²) in [6.45, 7) is 6.25. The van der Waals surface area contributed by atoms with E-state index in [9.17, 15) is 4.39 Å². The van der Waals surface area contributed by atoms with E-state index in [4.69, 9.17) is 0 Å². The molecule has 88 valence electrons. The molecule has 1 aromatic carbocycles. The van der Waals surface area contributed by atoms with Crippen LogP contribution in [0, 0.1) is 11.7 Å². The van der Waals surface area contributed by atoms with Crippen molar-refractivity contribution in [1.82, 2.24) is 5.32 Å². The van der Waals surface area contributed by atoms with Crippen LogP contribution in [0.3, 0.4) is 0 Å². The van der Waals surface area contributed by atoms with E-state index in [1.807, 2.05) is 12.1 Å². The minimum atomic E-state index is -0.183. The van der Waals surface area contributed by atoms with Crippen LogP contribution in [-0.4, -0.2) is 13.1 Å². The molecule has 2 rings (SSSR count). The first-order chi connectivity index (χ1) is 7.27. The molecule has 0 saturated carbocycles. The molecule has 0 aromatic heterocycles.